The van der Waals surface area contributed by atoms with E-state index in [4.69, 9.17) is 9.47 Å². The molecule has 8 heteroatoms. The molecular formula is C19H25FN2O5. The first-order chi connectivity index (χ1) is 13.0. The van der Waals surface area contributed by atoms with Gasteiger partial charge in [0.25, 0.3) is 5.91 Å². The number of ether oxygens (including phenoxy) is 2. The normalized spacial score (nSPS) is 23.8. The number of hydrogen-bond donors (Lipinski definition) is 1. The summed E-state index contributed by atoms with van der Waals surface area (Å²) in [5, 5.41) is 10.2. The van der Waals surface area contributed by atoms with E-state index in [2.05, 4.69) is 0 Å². The third-order valence-electron chi connectivity index (χ3n) is 4.80. The predicted molar refractivity (Wildman–Crippen MR) is 94.4 cm³/mol. The summed E-state index contributed by atoms with van der Waals surface area (Å²) < 4.78 is 23.7. The van der Waals surface area contributed by atoms with Crippen molar-refractivity contribution >= 4 is 11.8 Å². The number of rotatable bonds is 4. The maximum absolute atomic E-state index is 12.9. The average molecular weight is 380 g/mol. The van der Waals surface area contributed by atoms with Crippen LogP contribution in [0.5, 0.6) is 0 Å². The van der Waals surface area contributed by atoms with E-state index in [1.54, 1.807) is 17.0 Å². The minimum Gasteiger partial charge on any atom is -0.389 e. The molecule has 2 aliphatic rings. The monoisotopic (exact) mass is 380 g/mol. The molecule has 2 saturated heterocycles. The van der Waals surface area contributed by atoms with Crippen LogP contribution in [0, 0.1) is 5.82 Å². The summed E-state index contributed by atoms with van der Waals surface area (Å²) in [5.41, 5.74) is 0.881. The number of amides is 2. The van der Waals surface area contributed by atoms with Crippen molar-refractivity contribution < 1.29 is 28.6 Å². The number of nitrogens with zero attached hydrogens (tertiary/aromatic N) is 2. The zero-order valence-corrected chi connectivity index (χ0v) is 15.2. The number of hydrogen-bond acceptors (Lipinski definition) is 5. The highest BCUT2D eigenvalue weighted by Crippen LogP contribution is 2.12. The van der Waals surface area contributed by atoms with Gasteiger partial charge in [0.05, 0.1) is 25.9 Å². The van der Waals surface area contributed by atoms with Gasteiger partial charge in [-0.2, -0.15) is 0 Å². The van der Waals surface area contributed by atoms with Crippen molar-refractivity contribution in [3.63, 3.8) is 0 Å². The van der Waals surface area contributed by atoms with Crippen LogP contribution in [-0.4, -0.2) is 84.9 Å². The van der Waals surface area contributed by atoms with Crippen LogP contribution >= 0.6 is 0 Å². The fraction of sp³-hybridized carbons (Fsp3) is 0.579. The first kappa shape index (κ1) is 19.7. The smallest absolute Gasteiger partial charge is 0.254 e. The van der Waals surface area contributed by atoms with E-state index >= 15 is 0 Å². The second-order valence-electron chi connectivity index (χ2n) is 6.84. The quantitative estimate of drug-likeness (QED) is 0.808. The first-order valence-electron chi connectivity index (χ1n) is 9.21. The number of β-amino-alcohol motifs (C(OH)–C–C–N with tert-alkyl or cyclic N) is 1. The molecule has 0 aliphatic carbocycles. The first-order valence-corrected chi connectivity index (χ1v) is 9.21. The summed E-state index contributed by atoms with van der Waals surface area (Å²) in [6.07, 6.45) is -0.685. The second-order valence-corrected chi connectivity index (χ2v) is 6.84. The van der Waals surface area contributed by atoms with Gasteiger partial charge in [-0.3, -0.25) is 9.59 Å². The molecule has 2 unspecified atom stereocenters. The van der Waals surface area contributed by atoms with Gasteiger partial charge in [0.2, 0.25) is 5.91 Å². The van der Waals surface area contributed by atoms with Crippen LogP contribution in [0.2, 0.25) is 0 Å². The van der Waals surface area contributed by atoms with Crippen molar-refractivity contribution in [2.75, 3.05) is 46.0 Å². The van der Waals surface area contributed by atoms with Crippen LogP contribution < -0.4 is 0 Å². The van der Waals surface area contributed by atoms with Crippen LogP contribution in [0.25, 0.3) is 0 Å². The molecule has 148 valence electrons. The van der Waals surface area contributed by atoms with Gasteiger partial charge in [0.1, 0.15) is 5.82 Å². The lowest BCUT2D eigenvalue weighted by molar-refractivity contribution is -0.158. The second kappa shape index (κ2) is 9.25. The fourth-order valence-corrected chi connectivity index (χ4v) is 3.31. The zero-order valence-electron chi connectivity index (χ0n) is 15.2. The highest BCUT2D eigenvalue weighted by Gasteiger charge is 2.32. The Bertz CT molecular complexity index is 648. The topological polar surface area (TPSA) is 79.3 Å². The van der Waals surface area contributed by atoms with Crippen molar-refractivity contribution in [2.24, 2.45) is 0 Å². The number of carbonyl (C=O) groups excluding carboxylic acids is 2. The molecule has 1 N–H and O–H groups in total. The van der Waals surface area contributed by atoms with E-state index < -0.39 is 12.2 Å². The van der Waals surface area contributed by atoms with Gasteiger partial charge >= 0.3 is 0 Å². The molecule has 2 aliphatic heterocycles. The summed E-state index contributed by atoms with van der Waals surface area (Å²) in [6.45, 7) is 2.13. The van der Waals surface area contributed by atoms with Crippen LogP contribution in [0.3, 0.4) is 0 Å². The summed E-state index contributed by atoms with van der Waals surface area (Å²) in [7, 11) is 0. The molecule has 2 fully saturated rings. The van der Waals surface area contributed by atoms with Crippen molar-refractivity contribution in [1.82, 2.24) is 9.80 Å². The Hall–Kier alpha value is -2.03. The molecular weight excluding hydrogens is 355 g/mol. The maximum Gasteiger partial charge on any atom is 0.254 e. The number of aliphatic hydroxyl groups excluding tert-OH is 1. The predicted octanol–water partition coefficient (Wildman–Crippen LogP) is 0.205. The molecule has 0 aromatic heterocycles. The maximum atomic E-state index is 12.9. The molecule has 0 spiro atoms. The third-order valence-corrected chi connectivity index (χ3v) is 4.80. The summed E-state index contributed by atoms with van der Waals surface area (Å²) in [4.78, 5) is 28.2. The van der Waals surface area contributed by atoms with E-state index in [9.17, 15) is 19.1 Å². The minimum atomic E-state index is -0.810. The number of carbonyl (C=O) groups is 2. The Morgan fingerprint density at radius 1 is 1.11 bits per heavy atom. The highest BCUT2D eigenvalue weighted by molar-refractivity contribution is 5.81. The number of halogens is 1. The average Bonchev–Trinajstić information content (AvgIpc) is 2.89. The Balaban J connectivity index is 1.52. The molecule has 27 heavy (non-hydrogen) atoms. The summed E-state index contributed by atoms with van der Waals surface area (Å²) in [5.74, 6) is -0.614. The molecule has 7 nitrogen and oxygen atoms in total. The number of aliphatic hydroxyl groups is 1. The lowest BCUT2D eigenvalue weighted by Crippen LogP contribution is -2.47. The van der Waals surface area contributed by atoms with Gasteiger partial charge in [-0.25, -0.2) is 4.39 Å². The fourth-order valence-electron chi connectivity index (χ4n) is 3.31. The molecule has 0 saturated carbocycles. The van der Waals surface area contributed by atoms with Crippen LogP contribution in [-0.2, 0) is 25.5 Å². The number of benzene rings is 1. The molecule has 3 rings (SSSR count). The summed E-state index contributed by atoms with van der Waals surface area (Å²) in [6, 6.07) is 6.06. The molecule has 0 radical (unpaired) electrons. The van der Waals surface area contributed by atoms with Gasteiger partial charge in [0.15, 0.2) is 6.10 Å². The van der Waals surface area contributed by atoms with E-state index in [-0.39, 0.29) is 43.7 Å². The largest absolute Gasteiger partial charge is 0.389 e. The van der Waals surface area contributed by atoms with Crippen LogP contribution in [0.1, 0.15) is 12.0 Å². The lowest BCUT2D eigenvalue weighted by atomic mass is 10.1. The minimum absolute atomic E-state index is 0.0927. The molecule has 2 heterocycles. The van der Waals surface area contributed by atoms with Crippen LogP contribution in [0.15, 0.2) is 24.3 Å². The van der Waals surface area contributed by atoms with Gasteiger partial charge < -0.3 is 24.4 Å². The van der Waals surface area contributed by atoms with E-state index in [1.807, 2.05) is 0 Å². The summed E-state index contributed by atoms with van der Waals surface area (Å²) >= 11 is 0. The molecule has 1 aromatic rings. The van der Waals surface area contributed by atoms with Crippen molar-refractivity contribution in [2.45, 2.75) is 25.0 Å². The van der Waals surface area contributed by atoms with Crippen LogP contribution in [0.4, 0.5) is 4.39 Å². The van der Waals surface area contributed by atoms with Gasteiger partial charge in [-0.15, -0.1) is 0 Å². The van der Waals surface area contributed by atoms with Crippen molar-refractivity contribution in [3.05, 3.63) is 35.6 Å². The van der Waals surface area contributed by atoms with E-state index in [0.717, 1.165) is 5.56 Å². The standard InChI is InChI=1S/C19H25FN2O5/c20-15-4-1-14(2-5-15)3-6-18(24)21-7-8-22(12-16(23)11-21)19(25)17-13-26-9-10-27-17/h1-2,4-5,16-17,23H,3,6-13H2. The Morgan fingerprint density at radius 2 is 1.81 bits per heavy atom. The van der Waals surface area contributed by atoms with Gasteiger partial charge in [-0.1, -0.05) is 12.1 Å². The van der Waals surface area contributed by atoms with E-state index in [1.165, 1.54) is 17.0 Å². The van der Waals surface area contributed by atoms with E-state index in [0.29, 0.717) is 32.7 Å². The molecule has 2 amide bonds. The van der Waals surface area contributed by atoms with Gasteiger partial charge in [0, 0.05) is 32.6 Å². The molecule has 2 atom stereocenters. The highest BCUT2D eigenvalue weighted by atomic mass is 19.1. The SMILES string of the molecule is O=C(CCc1ccc(F)cc1)N1CCN(C(=O)C2COCCO2)CC(O)C1. The third kappa shape index (κ3) is 5.47. The van der Waals surface area contributed by atoms with Crippen molar-refractivity contribution in [3.8, 4) is 0 Å². The zero-order chi connectivity index (χ0) is 19.2. The van der Waals surface area contributed by atoms with Gasteiger partial charge in [-0.05, 0) is 24.1 Å². The Labute approximate surface area is 157 Å². The Kier molecular flexibility index (Phi) is 6.76. The number of aryl methyl sites for hydroxylation is 1. The Morgan fingerprint density at radius 3 is 2.52 bits per heavy atom. The molecule has 0 bridgehead atoms. The van der Waals surface area contributed by atoms with Crippen molar-refractivity contribution in [1.29, 1.82) is 0 Å². The lowest BCUT2D eigenvalue weighted by Gasteiger charge is -2.29. The molecule has 1 aromatic carbocycles.